The molecule has 2 N–H and O–H groups in total. The topological polar surface area (TPSA) is 102 Å². The zero-order valence-electron chi connectivity index (χ0n) is 18.3. The third kappa shape index (κ3) is 4.83. The number of carbonyl (C=O) groups is 1. The summed E-state index contributed by atoms with van der Waals surface area (Å²) in [5.41, 5.74) is 3.19. The van der Waals surface area contributed by atoms with E-state index in [-0.39, 0.29) is 12.2 Å². The molecule has 8 nitrogen and oxygen atoms in total. The molecule has 2 aromatic heterocycles. The predicted octanol–water partition coefficient (Wildman–Crippen LogP) is 3.76. The van der Waals surface area contributed by atoms with Crippen LogP contribution in [-0.4, -0.2) is 49.9 Å². The van der Waals surface area contributed by atoms with Crippen molar-refractivity contribution in [1.29, 1.82) is 0 Å². The van der Waals surface area contributed by atoms with E-state index in [0.717, 1.165) is 0 Å². The Morgan fingerprint density at radius 2 is 2.06 bits per heavy atom. The number of ether oxygens (including phenoxy) is 1. The molecule has 2 atom stereocenters. The highest BCUT2D eigenvalue weighted by Crippen LogP contribution is 2.34. The van der Waals surface area contributed by atoms with Gasteiger partial charge < -0.3 is 15.2 Å². The molecular weight excluding hydrogens is 425 g/mol. The van der Waals surface area contributed by atoms with Crippen LogP contribution in [0, 0.1) is 5.82 Å². The Bertz CT molecular complexity index is 1220. The van der Waals surface area contributed by atoms with Crippen molar-refractivity contribution in [2.24, 2.45) is 0 Å². The molecule has 1 aliphatic heterocycles. The highest BCUT2D eigenvalue weighted by molar-refractivity contribution is 5.82. The number of hydrogen-bond acceptors (Lipinski definition) is 7. The molecule has 0 bridgehead atoms. The van der Waals surface area contributed by atoms with Crippen molar-refractivity contribution in [2.45, 2.75) is 32.0 Å². The lowest BCUT2D eigenvalue weighted by molar-refractivity contribution is -0.156. The van der Waals surface area contributed by atoms with Crippen LogP contribution in [0.25, 0.3) is 34.4 Å². The minimum absolute atomic E-state index is 0.0150. The Morgan fingerprint density at radius 3 is 2.73 bits per heavy atom. The SMILES string of the molecule is C=C(C)c1nc(-c2ccnc(NC)n2)c(-c2ccc(F)cc2)n1/C=C/[C@@H]1C[C@@H](O)CC(=O)O1. The molecule has 33 heavy (non-hydrogen) atoms. The number of aliphatic hydroxyl groups excluding tert-OH is 1. The molecule has 3 heterocycles. The minimum Gasteiger partial charge on any atom is -0.458 e. The lowest BCUT2D eigenvalue weighted by atomic mass is 10.1. The number of anilines is 1. The Kier molecular flexibility index (Phi) is 6.32. The summed E-state index contributed by atoms with van der Waals surface area (Å²) in [4.78, 5) is 25.2. The molecule has 1 saturated heterocycles. The van der Waals surface area contributed by atoms with Crippen LogP contribution in [0.3, 0.4) is 0 Å². The van der Waals surface area contributed by atoms with Gasteiger partial charge in [0, 0.05) is 31.4 Å². The van der Waals surface area contributed by atoms with E-state index < -0.39 is 18.2 Å². The number of carbonyl (C=O) groups excluding carboxylic acids is 1. The highest BCUT2D eigenvalue weighted by atomic mass is 19.1. The molecule has 0 aliphatic carbocycles. The zero-order chi connectivity index (χ0) is 23.5. The van der Waals surface area contributed by atoms with E-state index in [4.69, 9.17) is 9.72 Å². The van der Waals surface area contributed by atoms with E-state index in [1.54, 1.807) is 48.3 Å². The maximum absolute atomic E-state index is 13.7. The molecule has 0 radical (unpaired) electrons. The number of cyclic esters (lactones) is 1. The molecule has 0 amide bonds. The molecule has 0 unspecified atom stereocenters. The third-order valence-corrected chi connectivity index (χ3v) is 5.17. The molecule has 1 aliphatic rings. The van der Waals surface area contributed by atoms with E-state index in [2.05, 4.69) is 21.9 Å². The maximum atomic E-state index is 13.7. The fraction of sp³-hybridized carbons (Fsp3) is 0.250. The first-order valence-electron chi connectivity index (χ1n) is 10.5. The number of benzene rings is 1. The molecule has 0 spiro atoms. The lowest BCUT2D eigenvalue weighted by Gasteiger charge is -2.23. The third-order valence-electron chi connectivity index (χ3n) is 5.17. The first-order chi connectivity index (χ1) is 15.9. The summed E-state index contributed by atoms with van der Waals surface area (Å²) in [5, 5.41) is 12.8. The number of aliphatic hydroxyl groups is 1. The summed E-state index contributed by atoms with van der Waals surface area (Å²) in [6, 6.07) is 7.81. The first-order valence-corrected chi connectivity index (χ1v) is 10.5. The number of nitrogens with one attached hydrogen (secondary N) is 1. The van der Waals surface area contributed by atoms with Gasteiger partial charge in [-0.15, -0.1) is 0 Å². The number of hydrogen-bond donors (Lipinski definition) is 2. The van der Waals surface area contributed by atoms with E-state index in [1.807, 2.05) is 6.92 Å². The first kappa shape index (κ1) is 22.3. The van der Waals surface area contributed by atoms with Crippen LogP contribution in [0.15, 0.2) is 49.2 Å². The predicted molar refractivity (Wildman–Crippen MR) is 123 cm³/mol. The van der Waals surface area contributed by atoms with Gasteiger partial charge in [-0.3, -0.25) is 9.36 Å². The Labute approximate surface area is 190 Å². The summed E-state index contributed by atoms with van der Waals surface area (Å²) in [6.07, 6.45) is 4.01. The molecule has 9 heteroatoms. The van der Waals surface area contributed by atoms with Crippen LogP contribution in [0.1, 0.15) is 25.6 Å². The van der Waals surface area contributed by atoms with Crippen LogP contribution >= 0.6 is 0 Å². The second kappa shape index (κ2) is 9.33. The fourth-order valence-corrected chi connectivity index (χ4v) is 3.66. The van der Waals surface area contributed by atoms with E-state index in [0.29, 0.717) is 46.4 Å². The van der Waals surface area contributed by atoms with Crippen molar-refractivity contribution in [3.8, 4) is 22.6 Å². The minimum atomic E-state index is -0.752. The molecule has 1 fully saturated rings. The number of rotatable bonds is 6. The Morgan fingerprint density at radius 1 is 1.30 bits per heavy atom. The Hall–Kier alpha value is -3.85. The van der Waals surface area contributed by atoms with Gasteiger partial charge in [0.1, 0.15) is 23.4 Å². The quantitative estimate of drug-likeness (QED) is 0.553. The Balaban J connectivity index is 1.89. The monoisotopic (exact) mass is 449 g/mol. The number of allylic oxidation sites excluding steroid dienone is 1. The van der Waals surface area contributed by atoms with Gasteiger partial charge >= 0.3 is 5.97 Å². The molecule has 0 saturated carbocycles. The average molecular weight is 449 g/mol. The van der Waals surface area contributed by atoms with Gasteiger partial charge in [-0.2, -0.15) is 0 Å². The van der Waals surface area contributed by atoms with E-state index >= 15 is 0 Å². The highest BCUT2D eigenvalue weighted by Gasteiger charge is 2.26. The molecule has 170 valence electrons. The number of aromatic nitrogens is 4. The molecular formula is C24H24FN5O3. The van der Waals surface area contributed by atoms with Gasteiger partial charge in [-0.05, 0) is 48.9 Å². The van der Waals surface area contributed by atoms with Crippen LogP contribution in [-0.2, 0) is 9.53 Å². The van der Waals surface area contributed by atoms with Crippen LogP contribution in [0.4, 0.5) is 10.3 Å². The number of imidazole rings is 1. The largest absolute Gasteiger partial charge is 0.458 e. The van der Waals surface area contributed by atoms with Gasteiger partial charge in [-0.1, -0.05) is 6.58 Å². The summed E-state index contributed by atoms with van der Waals surface area (Å²) < 4.78 is 20.8. The van der Waals surface area contributed by atoms with E-state index in [1.165, 1.54) is 12.1 Å². The molecule has 1 aromatic carbocycles. The second-order valence-electron chi connectivity index (χ2n) is 7.77. The number of esters is 1. The van der Waals surface area contributed by atoms with Gasteiger partial charge in [0.05, 0.1) is 23.9 Å². The van der Waals surface area contributed by atoms with Crippen LogP contribution < -0.4 is 5.32 Å². The van der Waals surface area contributed by atoms with Gasteiger partial charge in [-0.25, -0.2) is 19.3 Å². The molecule has 3 aromatic rings. The smallest absolute Gasteiger partial charge is 0.309 e. The van der Waals surface area contributed by atoms with Crippen LogP contribution in [0.5, 0.6) is 0 Å². The number of nitrogens with zero attached hydrogens (tertiary/aromatic N) is 4. The zero-order valence-corrected chi connectivity index (χ0v) is 18.3. The van der Waals surface area contributed by atoms with Crippen molar-refractivity contribution >= 4 is 23.7 Å². The normalized spacial score (nSPS) is 18.4. The second-order valence-corrected chi connectivity index (χ2v) is 7.77. The maximum Gasteiger partial charge on any atom is 0.309 e. The van der Waals surface area contributed by atoms with Crippen molar-refractivity contribution in [2.75, 3.05) is 12.4 Å². The van der Waals surface area contributed by atoms with Crippen molar-refractivity contribution in [3.63, 3.8) is 0 Å². The van der Waals surface area contributed by atoms with Crippen molar-refractivity contribution in [1.82, 2.24) is 19.5 Å². The molecule has 4 rings (SSSR count). The average Bonchev–Trinajstić information content (AvgIpc) is 3.17. The van der Waals surface area contributed by atoms with Gasteiger partial charge in [0.2, 0.25) is 5.95 Å². The standard InChI is InChI=1S/C24H24FN5O3/c1-14(2)23-29-21(19-8-10-27-24(26-3)28-19)22(15-4-6-16(25)7-5-15)30(23)11-9-18-12-17(31)13-20(32)33-18/h4-11,17-18,31H,1,12-13H2,2-3H3,(H,26,27,28)/b11-9+/t17-,18-/m1/s1. The van der Waals surface area contributed by atoms with Gasteiger partial charge in [0.15, 0.2) is 0 Å². The summed E-state index contributed by atoms with van der Waals surface area (Å²) in [7, 11) is 1.72. The number of halogens is 1. The van der Waals surface area contributed by atoms with Crippen molar-refractivity contribution < 1.29 is 19.0 Å². The van der Waals surface area contributed by atoms with Crippen LogP contribution in [0.2, 0.25) is 0 Å². The summed E-state index contributed by atoms with van der Waals surface area (Å²) in [6.45, 7) is 5.87. The summed E-state index contributed by atoms with van der Waals surface area (Å²) in [5.74, 6) is 0.189. The fourth-order valence-electron chi connectivity index (χ4n) is 3.66. The van der Waals surface area contributed by atoms with Gasteiger partial charge in [0.25, 0.3) is 0 Å². The van der Waals surface area contributed by atoms with E-state index in [9.17, 15) is 14.3 Å². The lowest BCUT2D eigenvalue weighted by Crippen LogP contribution is -2.31. The van der Waals surface area contributed by atoms with Crippen molar-refractivity contribution in [3.05, 3.63) is 60.8 Å². The summed E-state index contributed by atoms with van der Waals surface area (Å²) >= 11 is 0.